The van der Waals surface area contributed by atoms with Crippen LogP contribution < -0.4 is 5.32 Å². The number of aromatic nitrogens is 3. The number of carbonyl (C=O) groups is 2. The SMILES string of the molecule is CC(C)[C@@H](Nc1ccnc(-c2c[nH]c(C(=O)N3CC=CC3)c2)n1)C(=O)CCC(F)(F)F. The molecule has 3 heterocycles. The van der Waals surface area contributed by atoms with Gasteiger partial charge in [-0.2, -0.15) is 13.2 Å². The summed E-state index contributed by atoms with van der Waals surface area (Å²) in [5.74, 6) is -0.251. The number of H-pyrrole nitrogens is 1. The lowest BCUT2D eigenvalue weighted by atomic mass is 9.97. The lowest BCUT2D eigenvalue weighted by Crippen LogP contribution is -2.35. The molecule has 7 nitrogen and oxygen atoms in total. The summed E-state index contributed by atoms with van der Waals surface area (Å²) in [6.45, 7) is 4.62. The fraction of sp³-hybridized carbons (Fsp3) is 0.429. The molecule has 1 amide bonds. The van der Waals surface area contributed by atoms with Crippen molar-refractivity contribution in [2.24, 2.45) is 5.92 Å². The van der Waals surface area contributed by atoms with E-state index in [2.05, 4.69) is 20.3 Å². The fourth-order valence-electron chi connectivity index (χ4n) is 3.24. The topological polar surface area (TPSA) is 91.0 Å². The first-order chi connectivity index (χ1) is 14.6. The van der Waals surface area contributed by atoms with Gasteiger partial charge in [-0.15, -0.1) is 0 Å². The van der Waals surface area contributed by atoms with Crippen molar-refractivity contribution in [1.29, 1.82) is 0 Å². The predicted molar refractivity (Wildman–Crippen MR) is 109 cm³/mol. The van der Waals surface area contributed by atoms with Crippen molar-refractivity contribution in [2.75, 3.05) is 18.4 Å². The molecule has 0 fully saturated rings. The van der Waals surface area contributed by atoms with Crippen LogP contribution in [0, 0.1) is 5.92 Å². The van der Waals surface area contributed by atoms with E-state index in [0.29, 0.717) is 36.0 Å². The van der Waals surface area contributed by atoms with Crippen molar-refractivity contribution in [1.82, 2.24) is 19.9 Å². The van der Waals surface area contributed by atoms with Gasteiger partial charge in [-0.1, -0.05) is 26.0 Å². The second-order valence-electron chi connectivity index (χ2n) is 7.70. The van der Waals surface area contributed by atoms with E-state index >= 15 is 0 Å². The summed E-state index contributed by atoms with van der Waals surface area (Å²) in [5.41, 5.74) is 0.992. The molecule has 1 aliphatic rings. The van der Waals surface area contributed by atoms with E-state index < -0.39 is 30.8 Å². The Hall–Kier alpha value is -3.17. The quantitative estimate of drug-likeness (QED) is 0.615. The first-order valence-electron chi connectivity index (χ1n) is 9.96. The van der Waals surface area contributed by atoms with Crippen molar-refractivity contribution in [2.45, 2.75) is 38.9 Å². The van der Waals surface area contributed by atoms with Gasteiger partial charge in [-0.3, -0.25) is 9.59 Å². The maximum atomic E-state index is 12.5. The summed E-state index contributed by atoms with van der Waals surface area (Å²) in [7, 11) is 0. The van der Waals surface area contributed by atoms with E-state index in [0.717, 1.165) is 0 Å². The lowest BCUT2D eigenvalue weighted by molar-refractivity contribution is -0.143. The van der Waals surface area contributed by atoms with Crippen molar-refractivity contribution in [3.05, 3.63) is 42.4 Å². The van der Waals surface area contributed by atoms with Gasteiger partial charge in [0.05, 0.1) is 12.5 Å². The zero-order valence-electron chi connectivity index (χ0n) is 17.2. The molecule has 0 saturated heterocycles. The van der Waals surface area contributed by atoms with Gasteiger partial charge in [0.15, 0.2) is 11.6 Å². The standard InChI is InChI=1S/C21H24F3N5O2/c1-13(2)18(16(30)5-7-21(22,23)24)27-17-6-8-25-19(28-17)14-11-15(26-12-14)20(31)29-9-3-4-10-29/h3-4,6,8,11-13,18,26H,5,7,9-10H2,1-2H3,(H,25,27,28)/t18-/m1/s1. The molecule has 31 heavy (non-hydrogen) atoms. The Bertz CT molecular complexity index is 960. The summed E-state index contributed by atoms with van der Waals surface area (Å²) in [6, 6.07) is 2.38. The number of halogens is 3. The first-order valence-corrected chi connectivity index (χ1v) is 9.96. The van der Waals surface area contributed by atoms with Crippen LogP contribution in [0.25, 0.3) is 11.4 Å². The van der Waals surface area contributed by atoms with Gasteiger partial charge in [0.25, 0.3) is 5.91 Å². The number of Topliss-reactive ketones (excluding diaryl/α,β-unsaturated/α-hetero) is 1. The van der Waals surface area contributed by atoms with Crippen LogP contribution in [0.2, 0.25) is 0 Å². The van der Waals surface area contributed by atoms with E-state index in [1.165, 1.54) is 6.20 Å². The van der Waals surface area contributed by atoms with Crippen LogP contribution in [0.3, 0.4) is 0 Å². The first kappa shape index (κ1) is 22.5. The zero-order chi connectivity index (χ0) is 22.6. The average molecular weight is 435 g/mol. The number of nitrogens with zero attached hydrogens (tertiary/aromatic N) is 3. The molecule has 0 aromatic carbocycles. The summed E-state index contributed by atoms with van der Waals surface area (Å²) >= 11 is 0. The van der Waals surface area contributed by atoms with Crippen LogP contribution in [-0.4, -0.2) is 56.8 Å². The zero-order valence-corrected chi connectivity index (χ0v) is 17.2. The van der Waals surface area contributed by atoms with Crippen molar-refractivity contribution in [3.8, 4) is 11.4 Å². The highest BCUT2D eigenvalue weighted by molar-refractivity contribution is 5.94. The molecular formula is C21H24F3N5O2. The van der Waals surface area contributed by atoms with Crippen LogP contribution >= 0.6 is 0 Å². The van der Waals surface area contributed by atoms with Gasteiger partial charge in [-0.25, -0.2) is 9.97 Å². The number of carbonyl (C=O) groups excluding carboxylic acids is 2. The maximum absolute atomic E-state index is 12.5. The minimum atomic E-state index is -4.38. The second-order valence-corrected chi connectivity index (χ2v) is 7.70. The largest absolute Gasteiger partial charge is 0.389 e. The average Bonchev–Trinajstić information content (AvgIpc) is 3.41. The molecule has 166 valence electrons. The van der Waals surface area contributed by atoms with Crippen molar-refractivity contribution in [3.63, 3.8) is 0 Å². The number of aromatic amines is 1. The summed E-state index contributed by atoms with van der Waals surface area (Å²) in [6.07, 6.45) is 0.811. The lowest BCUT2D eigenvalue weighted by Gasteiger charge is -2.22. The van der Waals surface area contributed by atoms with E-state index in [1.54, 1.807) is 37.1 Å². The molecule has 0 saturated carbocycles. The number of nitrogens with one attached hydrogen (secondary N) is 2. The van der Waals surface area contributed by atoms with Gasteiger partial charge < -0.3 is 15.2 Å². The highest BCUT2D eigenvalue weighted by Gasteiger charge is 2.31. The molecule has 0 aliphatic carbocycles. The van der Waals surface area contributed by atoms with Crippen LogP contribution in [0.5, 0.6) is 0 Å². The molecular weight excluding hydrogens is 411 g/mol. The van der Waals surface area contributed by atoms with E-state index in [9.17, 15) is 22.8 Å². The molecule has 2 N–H and O–H groups in total. The molecule has 0 bridgehead atoms. The molecule has 2 aromatic rings. The number of anilines is 1. The molecule has 10 heteroatoms. The van der Waals surface area contributed by atoms with Gasteiger partial charge >= 0.3 is 6.18 Å². The summed E-state index contributed by atoms with van der Waals surface area (Å²) in [5, 5.41) is 2.94. The Morgan fingerprint density at radius 1 is 1.26 bits per heavy atom. The van der Waals surface area contributed by atoms with Crippen LogP contribution in [0.4, 0.5) is 19.0 Å². The number of amides is 1. The Balaban J connectivity index is 1.72. The molecule has 1 atom stereocenters. The van der Waals surface area contributed by atoms with E-state index in [4.69, 9.17) is 0 Å². The molecule has 3 rings (SSSR count). The number of rotatable bonds is 8. The van der Waals surface area contributed by atoms with Gasteiger partial charge in [0.2, 0.25) is 0 Å². The van der Waals surface area contributed by atoms with Crippen molar-refractivity contribution >= 4 is 17.5 Å². The normalized spacial score (nSPS) is 14.8. The Morgan fingerprint density at radius 3 is 2.61 bits per heavy atom. The maximum Gasteiger partial charge on any atom is 0.389 e. The van der Waals surface area contributed by atoms with Gasteiger partial charge in [-0.05, 0) is 18.1 Å². The molecule has 0 unspecified atom stereocenters. The predicted octanol–water partition coefficient (Wildman–Crippen LogP) is 3.83. The third-order valence-electron chi connectivity index (χ3n) is 4.90. The van der Waals surface area contributed by atoms with Crippen LogP contribution in [0.1, 0.15) is 37.2 Å². The fourth-order valence-corrected chi connectivity index (χ4v) is 3.24. The smallest absolute Gasteiger partial charge is 0.360 e. The second kappa shape index (κ2) is 9.32. The molecule has 0 spiro atoms. The van der Waals surface area contributed by atoms with Gasteiger partial charge in [0, 0.05) is 37.5 Å². The Morgan fingerprint density at radius 2 is 1.97 bits per heavy atom. The monoisotopic (exact) mass is 435 g/mol. The molecule has 2 aromatic heterocycles. The van der Waals surface area contributed by atoms with Crippen LogP contribution in [-0.2, 0) is 4.79 Å². The van der Waals surface area contributed by atoms with E-state index in [1.807, 2.05) is 12.2 Å². The number of ketones is 1. The number of hydrogen-bond acceptors (Lipinski definition) is 5. The highest BCUT2D eigenvalue weighted by atomic mass is 19.4. The minimum absolute atomic E-state index is 0.138. The number of alkyl halides is 3. The van der Waals surface area contributed by atoms with Crippen molar-refractivity contribution < 1.29 is 22.8 Å². The third-order valence-corrected chi connectivity index (χ3v) is 4.90. The van der Waals surface area contributed by atoms with Crippen LogP contribution in [0.15, 0.2) is 36.7 Å². The molecule has 0 radical (unpaired) electrons. The summed E-state index contributed by atoms with van der Waals surface area (Å²) < 4.78 is 37.4. The summed E-state index contributed by atoms with van der Waals surface area (Å²) in [4.78, 5) is 38.0. The van der Waals surface area contributed by atoms with Gasteiger partial charge in [0.1, 0.15) is 11.5 Å². The molecule has 1 aliphatic heterocycles. The third kappa shape index (κ3) is 5.93. The van der Waals surface area contributed by atoms with E-state index in [-0.39, 0.29) is 11.8 Å². The Kier molecular flexibility index (Phi) is 6.77. The minimum Gasteiger partial charge on any atom is -0.360 e. The highest BCUT2D eigenvalue weighted by Crippen LogP contribution is 2.24. The Labute approximate surface area is 177 Å². The number of hydrogen-bond donors (Lipinski definition) is 2.